The fourth-order valence-electron chi connectivity index (χ4n) is 3.43. The van der Waals surface area contributed by atoms with Crippen molar-refractivity contribution in [3.8, 4) is 0 Å². The third-order valence-corrected chi connectivity index (χ3v) is 6.54. The molecule has 3 rings (SSSR count). The molecule has 1 N–H and O–H groups in total. The number of likely N-dealkylation sites (tertiary alicyclic amines) is 1. The van der Waals surface area contributed by atoms with E-state index in [1.807, 2.05) is 43.3 Å². The highest BCUT2D eigenvalue weighted by molar-refractivity contribution is 7.89. The topological polar surface area (TPSA) is 66.5 Å². The van der Waals surface area contributed by atoms with Crippen molar-refractivity contribution in [3.05, 3.63) is 65.2 Å². The first-order valence-electron chi connectivity index (χ1n) is 9.29. The number of sulfonamides is 1. The Labute approximate surface area is 161 Å². The lowest BCUT2D eigenvalue weighted by molar-refractivity contribution is -0.131. The molecule has 2 aromatic rings. The zero-order valence-electron chi connectivity index (χ0n) is 15.8. The molecule has 1 amide bonds. The Morgan fingerprint density at radius 3 is 2.41 bits per heavy atom. The highest BCUT2D eigenvalue weighted by atomic mass is 32.2. The number of nitrogens with zero attached hydrogens (tertiary/aromatic N) is 1. The maximum atomic E-state index is 13.0. The van der Waals surface area contributed by atoms with Crippen molar-refractivity contribution in [1.29, 1.82) is 0 Å². The van der Waals surface area contributed by atoms with Crippen LogP contribution in [0.3, 0.4) is 0 Å². The summed E-state index contributed by atoms with van der Waals surface area (Å²) in [5, 5.41) is 0. The quantitative estimate of drug-likeness (QED) is 0.830. The molecule has 2 aromatic carbocycles. The van der Waals surface area contributed by atoms with E-state index in [9.17, 15) is 13.2 Å². The molecular weight excluding hydrogens is 360 g/mol. The molecule has 0 aliphatic carbocycles. The Kier molecular flexibility index (Phi) is 5.97. The standard InChI is InChI=1S/C21H26N2O3S/c1-16-10-11-17(2)20(14-16)27(25,26)22-19(15-18-8-4-3-5-9-18)21(24)23-12-6-7-13-23/h3-5,8-11,14,19,22H,6-7,12-13,15H2,1-2H3/t19-/m0/s1. The van der Waals surface area contributed by atoms with Crippen molar-refractivity contribution in [3.63, 3.8) is 0 Å². The van der Waals surface area contributed by atoms with Gasteiger partial charge in [0.15, 0.2) is 0 Å². The number of rotatable bonds is 6. The summed E-state index contributed by atoms with van der Waals surface area (Å²) in [5.74, 6) is -0.148. The Hall–Kier alpha value is -2.18. The number of amides is 1. The van der Waals surface area contributed by atoms with E-state index in [1.54, 1.807) is 24.0 Å². The van der Waals surface area contributed by atoms with Gasteiger partial charge < -0.3 is 4.90 Å². The van der Waals surface area contributed by atoms with E-state index in [0.717, 1.165) is 24.0 Å². The molecule has 144 valence electrons. The third kappa shape index (κ3) is 4.76. The predicted octanol–water partition coefficient (Wildman–Crippen LogP) is 2.82. The molecule has 1 fully saturated rings. The summed E-state index contributed by atoms with van der Waals surface area (Å²) >= 11 is 0. The largest absolute Gasteiger partial charge is 0.341 e. The zero-order chi connectivity index (χ0) is 19.4. The summed E-state index contributed by atoms with van der Waals surface area (Å²) in [6.45, 7) is 5.00. The van der Waals surface area contributed by atoms with Gasteiger partial charge in [-0.3, -0.25) is 4.79 Å². The van der Waals surface area contributed by atoms with Crippen molar-refractivity contribution in [1.82, 2.24) is 9.62 Å². The second kappa shape index (κ2) is 8.23. The summed E-state index contributed by atoms with van der Waals surface area (Å²) in [4.78, 5) is 15.0. The van der Waals surface area contributed by atoms with Gasteiger partial charge in [0.05, 0.1) is 4.90 Å². The van der Waals surface area contributed by atoms with Crippen LogP contribution in [0.1, 0.15) is 29.5 Å². The Bertz CT molecular complexity index is 904. The molecule has 1 heterocycles. The maximum Gasteiger partial charge on any atom is 0.241 e. The lowest BCUT2D eigenvalue weighted by Crippen LogP contribution is -2.49. The summed E-state index contributed by atoms with van der Waals surface area (Å²) in [5.41, 5.74) is 2.46. The summed E-state index contributed by atoms with van der Waals surface area (Å²) in [6.07, 6.45) is 2.27. The molecule has 1 atom stereocenters. The summed E-state index contributed by atoms with van der Waals surface area (Å²) in [7, 11) is -3.80. The first-order chi connectivity index (χ1) is 12.9. The van der Waals surface area contributed by atoms with Gasteiger partial charge in [0.25, 0.3) is 0 Å². The average Bonchev–Trinajstić information content (AvgIpc) is 3.18. The first-order valence-corrected chi connectivity index (χ1v) is 10.8. The Morgan fingerprint density at radius 1 is 1.07 bits per heavy atom. The zero-order valence-corrected chi connectivity index (χ0v) is 16.6. The Balaban J connectivity index is 1.89. The van der Waals surface area contributed by atoms with Gasteiger partial charge in [-0.25, -0.2) is 8.42 Å². The van der Waals surface area contributed by atoms with E-state index < -0.39 is 16.1 Å². The number of hydrogen-bond acceptors (Lipinski definition) is 3. The molecule has 0 saturated carbocycles. The van der Waals surface area contributed by atoms with Gasteiger partial charge >= 0.3 is 0 Å². The van der Waals surface area contributed by atoms with E-state index in [-0.39, 0.29) is 10.8 Å². The van der Waals surface area contributed by atoms with Gasteiger partial charge in [-0.05, 0) is 55.9 Å². The van der Waals surface area contributed by atoms with Gasteiger partial charge in [-0.2, -0.15) is 4.72 Å². The minimum Gasteiger partial charge on any atom is -0.341 e. The first kappa shape index (κ1) is 19.6. The van der Waals surface area contributed by atoms with Gasteiger partial charge in [0, 0.05) is 13.1 Å². The second-order valence-corrected chi connectivity index (χ2v) is 8.85. The fraction of sp³-hybridized carbons (Fsp3) is 0.381. The highest BCUT2D eigenvalue weighted by Gasteiger charge is 2.31. The van der Waals surface area contributed by atoms with Crippen molar-refractivity contribution in [2.24, 2.45) is 0 Å². The summed E-state index contributed by atoms with van der Waals surface area (Å²) in [6, 6.07) is 14.0. The van der Waals surface area contributed by atoms with Gasteiger partial charge in [0.1, 0.15) is 6.04 Å². The molecule has 6 heteroatoms. The molecule has 1 saturated heterocycles. The molecule has 1 aliphatic rings. The third-order valence-electron chi connectivity index (χ3n) is 4.93. The van der Waals surface area contributed by atoms with Crippen LogP contribution >= 0.6 is 0 Å². The van der Waals surface area contributed by atoms with E-state index in [2.05, 4.69) is 4.72 Å². The SMILES string of the molecule is Cc1ccc(C)c(S(=O)(=O)N[C@@H](Cc2ccccc2)C(=O)N2CCCC2)c1. The van der Waals surface area contributed by atoms with Crippen LogP contribution in [0, 0.1) is 13.8 Å². The lowest BCUT2D eigenvalue weighted by atomic mass is 10.1. The average molecular weight is 387 g/mol. The van der Waals surface area contributed by atoms with Gasteiger partial charge in [0.2, 0.25) is 15.9 Å². The molecule has 1 aliphatic heterocycles. The maximum absolute atomic E-state index is 13.0. The molecule has 0 unspecified atom stereocenters. The molecular formula is C21H26N2O3S. The van der Waals surface area contributed by atoms with E-state index in [0.29, 0.717) is 25.1 Å². The number of carbonyl (C=O) groups is 1. The number of hydrogen-bond donors (Lipinski definition) is 1. The van der Waals surface area contributed by atoms with Crippen LogP contribution in [-0.4, -0.2) is 38.4 Å². The van der Waals surface area contributed by atoms with Crippen molar-refractivity contribution < 1.29 is 13.2 Å². The minimum absolute atomic E-state index is 0.148. The van der Waals surface area contributed by atoms with Crippen LogP contribution < -0.4 is 4.72 Å². The van der Waals surface area contributed by atoms with E-state index in [1.165, 1.54) is 0 Å². The number of nitrogens with one attached hydrogen (secondary N) is 1. The normalized spacial score (nSPS) is 15.7. The summed E-state index contributed by atoms with van der Waals surface area (Å²) < 4.78 is 28.8. The van der Waals surface area contributed by atoms with Crippen LogP contribution in [0.4, 0.5) is 0 Å². The van der Waals surface area contributed by atoms with Crippen molar-refractivity contribution in [2.75, 3.05) is 13.1 Å². The fourth-order valence-corrected chi connectivity index (χ4v) is 4.95. The van der Waals surface area contributed by atoms with Crippen LogP contribution in [-0.2, 0) is 21.2 Å². The van der Waals surface area contributed by atoms with Gasteiger partial charge in [-0.15, -0.1) is 0 Å². The molecule has 0 bridgehead atoms. The smallest absolute Gasteiger partial charge is 0.241 e. The number of carbonyl (C=O) groups excluding carboxylic acids is 1. The van der Waals surface area contributed by atoms with Gasteiger partial charge in [-0.1, -0.05) is 42.5 Å². The lowest BCUT2D eigenvalue weighted by Gasteiger charge is -2.24. The minimum atomic E-state index is -3.80. The van der Waals surface area contributed by atoms with E-state index >= 15 is 0 Å². The monoisotopic (exact) mass is 386 g/mol. The van der Waals surface area contributed by atoms with Crippen molar-refractivity contribution >= 4 is 15.9 Å². The predicted molar refractivity (Wildman–Crippen MR) is 106 cm³/mol. The Morgan fingerprint density at radius 2 is 1.74 bits per heavy atom. The second-order valence-electron chi connectivity index (χ2n) is 7.16. The highest BCUT2D eigenvalue weighted by Crippen LogP contribution is 2.19. The van der Waals surface area contributed by atoms with Crippen LogP contribution in [0.15, 0.2) is 53.4 Å². The van der Waals surface area contributed by atoms with Crippen molar-refractivity contribution in [2.45, 2.75) is 44.0 Å². The van der Waals surface area contributed by atoms with Crippen LogP contribution in [0.5, 0.6) is 0 Å². The van der Waals surface area contributed by atoms with Crippen LogP contribution in [0.2, 0.25) is 0 Å². The molecule has 0 aromatic heterocycles. The molecule has 0 spiro atoms. The van der Waals surface area contributed by atoms with E-state index in [4.69, 9.17) is 0 Å². The molecule has 0 radical (unpaired) electrons. The van der Waals surface area contributed by atoms with Crippen LogP contribution in [0.25, 0.3) is 0 Å². The number of aryl methyl sites for hydroxylation is 2. The molecule has 27 heavy (non-hydrogen) atoms. The molecule has 5 nitrogen and oxygen atoms in total. The number of benzene rings is 2.